The molecule has 18 heavy (non-hydrogen) atoms. The molecule has 0 aromatic heterocycles. The first-order valence-corrected chi connectivity index (χ1v) is 7.18. The molecule has 0 bridgehead atoms. The monoisotopic (exact) mass is 248 g/mol. The summed E-state index contributed by atoms with van der Waals surface area (Å²) in [6, 6.07) is 9.84. The Morgan fingerprint density at radius 1 is 1.06 bits per heavy atom. The standard InChI is InChI=1S/C16H28N2/c1-6-13(7-2)18(5)16-12-10-9-11-14(16)15(8-3)17-4/h9-13,15,17H,6-8H2,1-5H3. The summed E-state index contributed by atoms with van der Waals surface area (Å²) in [6.45, 7) is 6.76. The molecule has 2 nitrogen and oxygen atoms in total. The normalized spacial score (nSPS) is 12.8. The Morgan fingerprint density at radius 2 is 1.67 bits per heavy atom. The van der Waals surface area contributed by atoms with E-state index in [1.54, 1.807) is 0 Å². The molecule has 0 amide bonds. The topological polar surface area (TPSA) is 15.3 Å². The van der Waals surface area contributed by atoms with E-state index in [4.69, 9.17) is 0 Å². The second-order valence-electron chi connectivity index (χ2n) is 4.89. The van der Waals surface area contributed by atoms with Gasteiger partial charge in [0, 0.05) is 24.8 Å². The zero-order chi connectivity index (χ0) is 13.5. The molecule has 0 spiro atoms. The first kappa shape index (κ1) is 15.0. The van der Waals surface area contributed by atoms with Gasteiger partial charge in [0.25, 0.3) is 0 Å². The van der Waals surface area contributed by atoms with Crippen molar-refractivity contribution in [3.8, 4) is 0 Å². The molecule has 1 atom stereocenters. The second-order valence-corrected chi connectivity index (χ2v) is 4.89. The fraction of sp³-hybridized carbons (Fsp3) is 0.625. The van der Waals surface area contributed by atoms with Crippen molar-refractivity contribution < 1.29 is 0 Å². The smallest absolute Gasteiger partial charge is 0.0414 e. The molecule has 1 rings (SSSR count). The maximum absolute atomic E-state index is 3.41. The van der Waals surface area contributed by atoms with Crippen LogP contribution in [0.3, 0.4) is 0 Å². The van der Waals surface area contributed by atoms with Crippen molar-refractivity contribution >= 4 is 5.69 Å². The first-order chi connectivity index (χ1) is 8.69. The molecule has 0 aliphatic carbocycles. The van der Waals surface area contributed by atoms with Gasteiger partial charge >= 0.3 is 0 Å². The largest absolute Gasteiger partial charge is 0.371 e. The quantitative estimate of drug-likeness (QED) is 0.785. The number of nitrogens with zero attached hydrogens (tertiary/aromatic N) is 1. The van der Waals surface area contributed by atoms with Crippen molar-refractivity contribution in [3.05, 3.63) is 29.8 Å². The number of rotatable bonds is 7. The van der Waals surface area contributed by atoms with E-state index in [-0.39, 0.29) is 0 Å². The summed E-state index contributed by atoms with van der Waals surface area (Å²) in [5.74, 6) is 0. The Kier molecular flexibility index (Phi) is 6.20. The first-order valence-electron chi connectivity index (χ1n) is 7.18. The predicted molar refractivity (Wildman–Crippen MR) is 81.3 cm³/mol. The van der Waals surface area contributed by atoms with Crippen LogP contribution in [0.1, 0.15) is 51.6 Å². The van der Waals surface area contributed by atoms with Crippen molar-refractivity contribution in [1.82, 2.24) is 5.32 Å². The van der Waals surface area contributed by atoms with Gasteiger partial charge in [0.1, 0.15) is 0 Å². The summed E-state index contributed by atoms with van der Waals surface area (Å²) >= 11 is 0. The van der Waals surface area contributed by atoms with E-state index >= 15 is 0 Å². The lowest BCUT2D eigenvalue weighted by Crippen LogP contribution is -2.32. The van der Waals surface area contributed by atoms with E-state index in [0.29, 0.717) is 12.1 Å². The molecule has 0 radical (unpaired) electrons. The number of anilines is 1. The van der Waals surface area contributed by atoms with Crippen LogP contribution in [-0.2, 0) is 0 Å². The summed E-state index contributed by atoms with van der Waals surface area (Å²) in [5, 5.41) is 3.41. The molecule has 0 fully saturated rings. The molecule has 0 aliphatic rings. The third-order valence-corrected chi connectivity index (χ3v) is 3.94. The summed E-state index contributed by atoms with van der Waals surface area (Å²) < 4.78 is 0. The molecule has 2 heteroatoms. The number of hydrogen-bond donors (Lipinski definition) is 1. The van der Waals surface area contributed by atoms with E-state index in [0.717, 1.165) is 6.42 Å². The van der Waals surface area contributed by atoms with Gasteiger partial charge in [0.05, 0.1) is 0 Å². The molecule has 1 unspecified atom stereocenters. The Balaban J connectivity index is 3.07. The van der Waals surface area contributed by atoms with Gasteiger partial charge in [-0.3, -0.25) is 0 Å². The fourth-order valence-corrected chi connectivity index (χ4v) is 2.72. The minimum Gasteiger partial charge on any atom is -0.371 e. The van der Waals surface area contributed by atoms with E-state index in [1.807, 2.05) is 7.05 Å². The lowest BCUT2D eigenvalue weighted by Gasteiger charge is -2.32. The molecule has 102 valence electrons. The molecule has 0 saturated carbocycles. The molecule has 1 N–H and O–H groups in total. The van der Waals surface area contributed by atoms with Crippen LogP contribution in [-0.4, -0.2) is 20.1 Å². The molecule has 0 aliphatic heterocycles. The van der Waals surface area contributed by atoms with Gasteiger partial charge in [0.2, 0.25) is 0 Å². The van der Waals surface area contributed by atoms with Gasteiger partial charge < -0.3 is 10.2 Å². The van der Waals surface area contributed by atoms with Crippen LogP contribution in [0.25, 0.3) is 0 Å². The molecular weight excluding hydrogens is 220 g/mol. The van der Waals surface area contributed by atoms with Gasteiger partial charge in [0.15, 0.2) is 0 Å². The van der Waals surface area contributed by atoms with E-state index in [2.05, 4.69) is 62.3 Å². The van der Waals surface area contributed by atoms with Gasteiger partial charge in [-0.15, -0.1) is 0 Å². The van der Waals surface area contributed by atoms with Crippen molar-refractivity contribution in [2.75, 3.05) is 19.0 Å². The Labute approximate surface area is 112 Å². The fourth-order valence-electron chi connectivity index (χ4n) is 2.72. The maximum Gasteiger partial charge on any atom is 0.0414 e. The van der Waals surface area contributed by atoms with Gasteiger partial charge in [-0.1, -0.05) is 39.0 Å². The Morgan fingerprint density at radius 3 is 2.17 bits per heavy atom. The van der Waals surface area contributed by atoms with Crippen molar-refractivity contribution in [3.63, 3.8) is 0 Å². The van der Waals surface area contributed by atoms with E-state index in [9.17, 15) is 0 Å². The molecule has 1 aromatic carbocycles. The Bertz CT molecular complexity index is 341. The highest BCUT2D eigenvalue weighted by atomic mass is 15.1. The average Bonchev–Trinajstić information content (AvgIpc) is 2.42. The van der Waals surface area contributed by atoms with Gasteiger partial charge in [-0.25, -0.2) is 0 Å². The van der Waals surface area contributed by atoms with Crippen LogP contribution in [0.15, 0.2) is 24.3 Å². The summed E-state index contributed by atoms with van der Waals surface area (Å²) in [6.07, 6.45) is 3.50. The minimum absolute atomic E-state index is 0.443. The van der Waals surface area contributed by atoms with Crippen LogP contribution in [0.4, 0.5) is 5.69 Å². The lowest BCUT2D eigenvalue weighted by atomic mass is 10.00. The molecule has 0 saturated heterocycles. The van der Waals surface area contributed by atoms with Crippen LogP contribution < -0.4 is 10.2 Å². The van der Waals surface area contributed by atoms with Crippen LogP contribution in [0, 0.1) is 0 Å². The third-order valence-electron chi connectivity index (χ3n) is 3.94. The highest BCUT2D eigenvalue weighted by molar-refractivity contribution is 5.55. The van der Waals surface area contributed by atoms with Crippen molar-refractivity contribution in [1.29, 1.82) is 0 Å². The average molecular weight is 248 g/mol. The van der Waals surface area contributed by atoms with Gasteiger partial charge in [-0.2, -0.15) is 0 Å². The zero-order valence-corrected chi connectivity index (χ0v) is 12.5. The lowest BCUT2D eigenvalue weighted by molar-refractivity contribution is 0.559. The number of benzene rings is 1. The van der Waals surface area contributed by atoms with Crippen molar-refractivity contribution in [2.24, 2.45) is 0 Å². The van der Waals surface area contributed by atoms with Crippen LogP contribution in [0.2, 0.25) is 0 Å². The SMILES string of the molecule is CCC(NC)c1ccccc1N(C)C(CC)CC. The number of hydrogen-bond acceptors (Lipinski definition) is 2. The van der Waals surface area contributed by atoms with Gasteiger partial charge in [-0.05, 0) is 37.9 Å². The second kappa shape index (κ2) is 7.42. The van der Waals surface area contributed by atoms with E-state index in [1.165, 1.54) is 24.1 Å². The molecule has 1 aromatic rings. The number of para-hydroxylation sites is 1. The van der Waals surface area contributed by atoms with Crippen LogP contribution in [0.5, 0.6) is 0 Å². The summed E-state index contributed by atoms with van der Waals surface area (Å²) in [4.78, 5) is 2.44. The third kappa shape index (κ3) is 3.26. The highest BCUT2D eigenvalue weighted by Crippen LogP contribution is 2.29. The van der Waals surface area contributed by atoms with Crippen molar-refractivity contribution in [2.45, 2.75) is 52.1 Å². The highest BCUT2D eigenvalue weighted by Gasteiger charge is 2.17. The summed E-state index contributed by atoms with van der Waals surface area (Å²) in [5.41, 5.74) is 2.78. The summed E-state index contributed by atoms with van der Waals surface area (Å²) in [7, 11) is 4.26. The predicted octanol–water partition coefficient (Wildman–Crippen LogP) is 3.98. The molecular formula is C16H28N2. The minimum atomic E-state index is 0.443. The number of nitrogens with one attached hydrogen (secondary N) is 1. The van der Waals surface area contributed by atoms with E-state index < -0.39 is 0 Å². The zero-order valence-electron chi connectivity index (χ0n) is 12.5. The maximum atomic E-state index is 3.41. The van der Waals surface area contributed by atoms with Crippen LogP contribution >= 0.6 is 0 Å². The Hall–Kier alpha value is -1.02. The molecule has 0 heterocycles.